The van der Waals surface area contributed by atoms with Crippen LogP contribution in [0.25, 0.3) is 0 Å². The van der Waals surface area contributed by atoms with Crippen LogP contribution < -0.4 is 0 Å². The highest BCUT2D eigenvalue weighted by atomic mass is 16.7. The normalized spacial score (nSPS) is 38.2. The molecule has 1 aromatic rings. The van der Waals surface area contributed by atoms with Crippen LogP contribution in [0.4, 0.5) is 0 Å². The van der Waals surface area contributed by atoms with E-state index in [4.69, 9.17) is 37.9 Å². The number of ketones is 1. The highest BCUT2D eigenvalue weighted by molar-refractivity contribution is 5.94. The quantitative estimate of drug-likeness (QED) is 0.275. The van der Waals surface area contributed by atoms with E-state index in [1.165, 1.54) is 25.4 Å². The molecular weight excluding hydrogens is 734 g/mol. The van der Waals surface area contributed by atoms with Crippen LogP contribution in [0.2, 0.25) is 0 Å². The molecule has 0 unspecified atom stereocenters. The molecule has 3 fully saturated rings. The van der Waals surface area contributed by atoms with Gasteiger partial charge in [0.1, 0.15) is 35.9 Å². The van der Waals surface area contributed by atoms with Gasteiger partial charge in [0.2, 0.25) is 0 Å². The first-order valence-corrected chi connectivity index (χ1v) is 17.3. The molecule has 19 nitrogen and oxygen atoms in total. The number of fused-ring (bicyclic) bond motifs is 5. The fraction of sp³-hybridized carbons (Fsp3) is 0.639. The second-order valence-electron chi connectivity index (χ2n) is 14.8. The minimum atomic E-state index is -2.93. The Morgan fingerprint density at radius 3 is 2.04 bits per heavy atom. The number of nitrogens with zero attached hydrogens (tertiary/aromatic N) is 1. The van der Waals surface area contributed by atoms with E-state index < -0.39 is 131 Å². The number of aromatic nitrogens is 1. The molecule has 1 aromatic heterocycles. The summed E-state index contributed by atoms with van der Waals surface area (Å²) in [4.78, 5) is 111. The Hall–Kier alpha value is -5.01. The van der Waals surface area contributed by atoms with Crippen LogP contribution >= 0.6 is 0 Å². The number of ether oxygens (including phenoxy) is 8. The van der Waals surface area contributed by atoms with Gasteiger partial charge in [0.25, 0.3) is 0 Å². The summed E-state index contributed by atoms with van der Waals surface area (Å²) in [6.07, 6.45) is -8.84. The maximum atomic E-state index is 15.1. The number of carbonyl (C=O) groups is 8. The van der Waals surface area contributed by atoms with E-state index in [1.54, 1.807) is 0 Å². The first-order valence-electron chi connectivity index (χ1n) is 17.3. The van der Waals surface area contributed by atoms with Gasteiger partial charge in [-0.1, -0.05) is 0 Å². The standard InChI is InChI=1S/C36H43NO18/c1-16(38)48-15-35-27(52-19(4)41)24(43)23-26(51-18(3)40)36(35)34(8,47)28(25(50-17(2)39)29(35)53-20(5)42)54-31(45)32(6,46)11-9-21-10-12-37-13-22(21)30(44)49-14-33(23,7)55-36/h10,12-13,23,25-29,46-47H,9,11,14-15H2,1-8H3/t23-,25+,26-,27-,28+,29+,32+,33+,34+,35-,36+/m1/s1. The third kappa shape index (κ3) is 6.60. The molecule has 2 aliphatic carbocycles. The molecule has 5 rings (SSSR count). The number of Topliss-reactive ketones (excluding diaryl/α,β-unsaturated/α-hetero) is 1. The van der Waals surface area contributed by atoms with Gasteiger partial charge >= 0.3 is 41.8 Å². The SMILES string of the molecule is CC(=O)OC[C@]12[C@H](OC(C)=O)C(=O)[C@@H]3[C@@H](OC(C)=O)[C@@]14O[C@@]3(C)COC(=O)c1cnccc1CC[C@](C)(O)C(=O)O[C@@H]([C@H](OC(C)=O)[C@@H]2OC(C)=O)[C@]4(C)O. The van der Waals surface area contributed by atoms with Gasteiger partial charge in [0.05, 0.1) is 11.5 Å². The Morgan fingerprint density at radius 2 is 1.45 bits per heavy atom. The van der Waals surface area contributed by atoms with Crippen LogP contribution in [0.15, 0.2) is 18.5 Å². The predicted octanol–water partition coefficient (Wildman–Crippen LogP) is -0.385. The Bertz CT molecular complexity index is 1820. The number of pyridine rings is 1. The number of carbonyl (C=O) groups excluding carboxylic acids is 8. The van der Waals surface area contributed by atoms with Crippen LogP contribution in [0.5, 0.6) is 0 Å². The molecule has 11 atom stereocenters. The second-order valence-corrected chi connectivity index (χ2v) is 14.8. The molecule has 2 aliphatic heterocycles. The Labute approximate surface area is 314 Å². The van der Waals surface area contributed by atoms with Crippen molar-refractivity contribution in [2.75, 3.05) is 13.2 Å². The molecule has 3 heterocycles. The molecule has 2 saturated carbocycles. The fourth-order valence-electron chi connectivity index (χ4n) is 8.62. The van der Waals surface area contributed by atoms with Crippen molar-refractivity contribution in [1.29, 1.82) is 0 Å². The zero-order chi connectivity index (χ0) is 41.1. The van der Waals surface area contributed by atoms with Crippen LogP contribution in [-0.4, -0.2) is 129 Å². The van der Waals surface area contributed by atoms with Gasteiger partial charge in [-0.2, -0.15) is 0 Å². The molecule has 300 valence electrons. The number of esters is 7. The highest BCUT2D eigenvalue weighted by Crippen LogP contribution is 2.69. The topological polar surface area (TPSA) is 264 Å². The lowest BCUT2D eigenvalue weighted by Gasteiger charge is -2.66. The number of aliphatic hydroxyl groups is 2. The highest BCUT2D eigenvalue weighted by Gasteiger charge is 2.91. The average molecular weight is 778 g/mol. The molecule has 1 spiro atoms. The van der Waals surface area contributed by atoms with Gasteiger partial charge in [-0.05, 0) is 45.2 Å². The third-order valence-corrected chi connectivity index (χ3v) is 10.8. The minimum absolute atomic E-state index is 0.0929. The fourth-order valence-corrected chi connectivity index (χ4v) is 8.62. The zero-order valence-corrected chi connectivity index (χ0v) is 31.4. The second kappa shape index (κ2) is 14.2. The van der Waals surface area contributed by atoms with Gasteiger partial charge in [0, 0.05) is 47.0 Å². The zero-order valence-electron chi connectivity index (χ0n) is 31.4. The van der Waals surface area contributed by atoms with Crippen molar-refractivity contribution in [3.05, 3.63) is 29.6 Å². The Balaban J connectivity index is 1.96. The van der Waals surface area contributed by atoms with E-state index in [9.17, 15) is 43.8 Å². The number of aryl methyl sites for hydroxylation is 1. The van der Waals surface area contributed by atoms with Crippen LogP contribution in [0, 0.1) is 11.3 Å². The third-order valence-electron chi connectivity index (χ3n) is 10.8. The van der Waals surface area contributed by atoms with E-state index >= 15 is 4.79 Å². The largest absolute Gasteiger partial charge is 0.465 e. The minimum Gasteiger partial charge on any atom is -0.465 e. The first-order chi connectivity index (χ1) is 25.5. The molecule has 0 radical (unpaired) electrons. The first kappa shape index (κ1) is 41.2. The van der Waals surface area contributed by atoms with Crippen molar-refractivity contribution >= 4 is 47.6 Å². The summed E-state index contributed by atoms with van der Waals surface area (Å²) in [6, 6.07) is 1.45. The smallest absolute Gasteiger partial charge is 0.340 e. The molecule has 55 heavy (non-hydrogen) atoms. The van der Waals surface area contributed by atoms with Crippen molar-refractivity contribution < 1.29 is 86.5 Å². The lowest BCUT2D eigenvalue weighted by atomic mass is 9.45. The van der Waals surface area contributed by atoms with Crippen molar-refractivity contribution in [1.82, 2.24) is 4.98 Å². The lowest BCUT2D eigenvalue weighted by Crippen LogP contribution is -2.88. The maximum Gasteiger partial charge on any atom is 0.340 e. The Kier molecular flexibility index (Phi) is 10.7. The van der Waals surface area contributed by atoms with E-state index in [-0.39, 0.29) is 17.5 Å². The van der Waals surface area contributed by atoms with Crippen LogP contribution in [0.1, 0.15) is 77.7 Å². The molecule has 19 heteroatoms. The van der Waals surface area contributed by atoms with Crippen LogP contribution in [-0.2, 0) is 77.9 Å². The average Bonchev–Trinajstić information content (AvgIpc) is 3.30. The summed E-state index contributed by atoms with van der Waals surface area (Å²) in [7, 11) is 0. The number of cyclic esters (lactones) is 1. The van der Waals surface area contributed by atoms with Gasteiger partial charge in [-0.25, -0.2) is 9.59 Å². The van der Waals surface area contributed by atoms with Crippen molar-refractivity contribution in [3.63, 3.8) is 0 Å². The molecule has 4 bridgehead atoms. The maximum absolute atomic E-state index is 15.1. The van der Waals surface area contributed by atoms with Gasteiger partial charge in [0.15, 0.2) is 41.4 Å². The number of rotatable bonds is 6. The monoisotopic (exact) mass is 777 g/mol. The molecular formula is C36H43NO18. The lowest BCUT2D eigenvalue weighted by molar-refractivity contribution is -0.377. The number of hydrogen-bond acceptors (Lipinski definition) is 19. The molecule has 0 amide bonds. The van der Waals surface area contributed by atoms with Gasteiger partial charge in [-0.15, -0.1) is 0 Å². The summed E-state index contributed by atoms with van der Waals surface area (Å²) in [5, 5.41) is 24.7. The molecule has 2 N–H and O–H groups in total. The molecule has 4 aliphatic rings. The van der Waals surface area contributed by atoms with E-state index in [0.29, 0.717) is 0 Å². The van der Waals surface area contributed by atoms with Crippen molar-refractivity contribution in [3.8, 4) is 0 Å². The van der Waals surface area contributed by atoms with Crippen molar-refractivity contribution in [2.24, 2.45) is 11.3 Å². The Morgan fingerprint density at radius 1 is 0.855 bits per heavy atom. The summed E-state index contributed by atoms with van der Waals surface area (Å²) in [5.41, 5.74) is -12.9. The van der Waals surface area contributed by atoms with E-state index in [1.807, 2.05) is 0 Å². The van der Waals surface area contributed by atoms with Crippen molar-refractivity contribution in [2.45, 2.75) is 121 Å². The summed E-state index contributed by atoms with van der Waals surface area (Å²) >= 11 is 0. The number of hydrogen-bond donors (Lipinski definition) is 2. The molecule has 1 saturated heterocycles. The molecule has 0 aromatic carbocycles. The predicted molar refractivity (Wildman–Crippen MR) is 176 cm³/mol. The summed E-state index contributed by atoms with van der Waals surface area (Å²) in [6.45, 7) is 6.06. The summed E-state index contributed by atoms with van der Waals surface area (Å²) < 4.78 is 46.8. The van der Waals surface area contributed by atoms with E-state index in [2.05, 4.69) is 4.98 Å². The summed E-state index contributed by atoms with van der Waals surface area (Å²) in [5.74, 6) is -10.7. The van der Waals surface area contributed by atoms with E-state index in [0.717, 1.165) is 48.5 Å². The van der Waals surface area contributed by atoms with Gasteiger partial charge < -0.3 is 48.1 Å². The van der Waals surface area contributed by atoms with Crippen LogP contribution in [0.3, 0.4) is 0 Å². The van der Waals surface area contributed by atoms with Gasteiger partial charge in [-0.3, -0.25) is 33.8 Å².